The van der Waals surface area contributed by atoms with Gasteiger partial charge in [0.1, 0.15) is 0 Å². The summed E-state index contributed by atoms with van der Waals surface area (Å²) in [5, 5.41) is 0. The fourth-order valence-corrected chi connectivity index (χ4v) is 3.41. The molecule has 1 aliphatic heterocycles. The summed E-state index contributed by atoms with van der Waals surface area (Å²) < 4.78 is 1.18. The Labute approximate surface area is 119 Å². The van der Waals surface area contributed by atoms with Crippen molar-refractivity contribution in [2.75, 3.05) is 11.4 Å². The van der Waals surface area contributed by atoms with Gasteiger partial charge < -0.3 is 10.6 Å². The fraction of sp³-hybridized carbons (Fsp3) is 0.600. The van der Waals surface area contributed by atoms with Gasteiger partial charge in [-0.2, -0.15) is 0 Å². The molecule has 18 heavy (non-hydrogen) atoms. The summed E-state index contributed by atoms with van der Waals surface area (Å²) >= 11 is 3.71. The molecule has 1 heterocycles. The molecule has 0 spiro atoms. The summed E-state index contributed by atoms with van der Waals surface area (Å²) in [6.45, 7) is 5.49. The Kier molecular flexibility index (Phi) is 4.68. The molecule has 0 saturated carbocycles. The van der Waals surface area contributed by atoms with Gasteiger partial charge in [-0.3, -0.25) is 0 Å². The minimum absolute atomic E-state index is 0.0960. The molecule has 1 saturated heterocycles. The van der Waals surface area contributed by atoms with Gasteiger partial charge in [0, 0.05) is 23.1 Å². The Hall–Kier alpha value is -0.540. The number of rotatable bonds is 3. The molecule has 100 valence electrons. The SMILES string of the molecule is CCC1CCCCN1c1ccc(C(C)N)cc1Br. The van der Waals surface area contributed by atoms with Gasteiger partial charge in [0.05, 0.1) is 5.69 Å². The van der Waals surface area contributed by atoms with E-state index in [-0.39, 0.29) is 6.04 Å². The van der Waals surface area contributed by atoms with Gasteiger partial charge >= 0.3 is 0 Å². The zero-order valence-electron chi connectivity index (χ0n) is 11.3. The third-order valence-electron chi connectivity index (χ3n) is 3.91. The molecule has 2 rings (SSSR count). The van der Waals surface area contributed by atoms with E-state index in [1.165, 1.54) is 48.0 Å². The monoisotopic (exact) mass is 310 g/mol. The van der Waals surface area contributed by atoms with E-state index >= 15 is 0 Å². The molecule has 1 aromatic rings. The Morgan fingerprint density at radius 1 is 1.44 bits per heavy atom. The van der Waals surface area contributed by atoms with Crippen LogP contribution in [0.3, 0.4) is 0 Å². The number of nitrogens with zero attached hydrogens (tertiary/aromatic N) is 1. The average Bonchev–Trinajstić information content (AvgIpc) is 2.38. The lowest BCUT2D eigenvalue weighted by molar-refractivity contribution is 0.449. The summed E-state index contributed by atoms with van der Waals surface area (Å²) in [5.74, 6) is 0. The molecule has 1 aliphatic rings. The Morgan fingerprint density at radius 2 is 2.22 bits per heavy atom. The van der Waals surface area contributed by atoms with Crippen LogP contribution in [0.2, 0.25) is 0 Å². The minimum atomic E-state index is 0.0960. The second-order valence-corrected chi connectivity index (χ2v) is 6.11. The van der Waals surface area contributed by atoms with Crippen LogP contribution >= 0.6 is 15.9 Å². The van der Waals surface area contributed by atoms with Crippen molar-refractivity contribution in [3.8, 4) is 0 Å². The first kappa shape index (κ1) is 13.9. The highest BCUT2D eigenvalue weighted by atomic mass is 79.9. The number of hydrogen-bond donors (Lipinski definition) is 1. The van der Waals surface area contributed by atoms with Gasteiger partial charge in [0.15, 0.2) is 0 Å². The van der Waals surface area contributed by atoms with Crippen LogP contribution in [0.4, 0.5) is 5.69 Å². The van der Waals surface area contributed by atoms with Crippen molar-refractivity contribution in [2.45, 2.75) is 51.6 Å². The molecule has 0 bridgehead atoms. The van der Waals surface area contributed by atoms with Crippen LogP contribution < -0.4 is 10.6 Å². The van der Waals surface area contributed by atoms with Gasteiger partial charge in [-0.1, -0.05) is 13.0 Å². The first-order chi connectivity index (χ1) is 8.63. The number of halogens is 1. The highest BCUT2D eigenvalue weighted by molar-refractivity contribution is 9.10. The zero-order valence-corrected chi connectivity index (χ0v) is 12.9. The van der Waals surface area contributed by atoms with Crippen LogP contribution in [0, 0.1) is 0 Å². The van der Waals surface area contributed by atoms with E-state index in [1.807, 2.05) is 6.92 Å². The quantitative estimate of drug-likeness (QED) is 0.905. The Balaban J connectivity index is 2.26. The molecule has 0 amide bonds. The van der Waals surface area contributed by atoms with Crippen molar-refractivity contribution < 1.29 is 0 Å². The summed E-state index contributed by atoms with van der Waals surface area (Å²) in [7, 11) is 0. The highest BCUT2D eigenvalue weighted by Gasteiger charge is 2.22. The Morgan fingerprint density at radius 3 is 2.83 bits per heavy atom. The highest BCUT2D eigenvalue weighted by Crippen LogP contribution is 2.33. The van der Waals surface area contributed by atoms with Gasteiger partial charge in [-0.05, 0) is 66.2 Å². The van der Waals surface area contributed by atoms with Crippen LogP contribution in [0.25, 0.3) is 0 Å². The summed E-state index contributed by atoms with van der Waals surface area (Å²) in [6.07, 6.45) is 5.21. The molecule has 2 nitrogen and oxygen atoms in total. The van der Waals surface area contributed by atoms with E-state index in [0.29, 0.717) is 6.04 Å². The van der Waals surface area contributed by atoms with Crippen molar-refractivity contribution in [3.05, 3.63) is 28.2 Å². The average molecular weight is 311 g/mol. The van der Waals surface area contributed by atoms with Crippen LogP contribution in [0.15, 0.2) is 22.7 Å². The molecule has 2 atom stereocenters. The molecule has 0 aliphatic carbocycles. The lowest BCUT2D eigenvalue weighted by atomic mass is 9.98. The van der Waals surface area contributed by atoms with E-state index in [9.17, 15) is 0 Å². The van der Waals surface area contributed by atoms with E-state index in [1.54, 1.807) is 0 Å². The van der Waals surface area contributed by atoms with Gasteiger partial charge in [0.2, 0.25) is 0 Å². The number of benzene rings is 1. The molecule has 0 radical (unpaired) electrons. The molecule has 3 heteroatoms. The maximum Gasteiger partial charge on any atom is 0.0513 e. The van der Waals surface area contributed by atoms with E-state index in [2.05, 4.69) is 46.0 Å². The number of nitrogens with two attached hydrogens (primary N) is 1. The largest absolute Gasteiger partial charge is 0.368 e. The minimum Gasteiger partial charge on any atom is -0.368 e. The summed E-state index contributed by atoms with van der Waals surface area (Å²) in [5.41, 5.74) is 8.45. The first-order valence-corrected chi connectivity index (χ1v) is 7.74. The van der Waals surface area contributed by atoms with Gasteiger partial charge in [0.25, 0.3) is 0 Å². The smallest absolute Gasteiger partial charge is 0.0513 e. The van der Waals surface area contributed by atoms with Crippen LogP contribution in [0.5, 0.6) is 0 Å². The first-order valence-electron chi connectivity index (χ1n) is 6.95. The Bertz CT molecular complexity index is 403. The molecular formula is C15H23BrN2. The van der Waals surface area contributed by atoms with E-state index < -0.39 is 0 Å². The molecule has 1 aromatic carbocycles. The van der Waals surface area contributed by atoms with E-state index in [4.69, 9.17) is 5.73 Å². The summed E-state index contributed by atoms with van der Waals surface area (Å²) in [4.78, 5) is 2.55. The number of piperidine rings is 1. The van der Waals surface area contributed by atoms with Crippen molar-refractivity contribution >= 4 is 21.6 Å². The zero-order chi connectivity index (χ0) is 13.1. The summed E-state index contributed by atoms with van der Waals surface area (Å²) in [6, 6.07) is 7.33. The van der Waals surface area contributed by atoms with Crippen LogP contribution in [-0.2, 0) is 0 Å². The fourth-order valence-electron chi connectivity index (χ4n) is 2.78. The normalized spacial score (nSPS) is 22.0. The molecule has 0 aromatic heterocycles. The lowest BCUT2D eigenvalue weighted by Crippen LogP contribution is -2.39. The molecule has 2 unspecified atom stereocenters. The predicted molar refractivity (Wildman–Crippen MR) is 82.0 cm³/mol. The number of hydrogen-bond acceptors (Lipinski definition) is 2. The van der Waals surface area contributed by atoms with Crippen molar-refractivity contribution in [1.82, 2.24) is 0 Å². The maximum atomic E-state index is 5.93. The molecule has 1 fully saturated rings. The second kappa shape index (κ2) is 6.07. The topological polar surface area (TPSA) is 29.3 Å². The van der Waals surface area contributed by atoms with Gasteiger partial charge in [-0.15, -0.1) is 0 Å². The maximum absolute atomic E-state index is 5.93. The standard InChI is InChI=1S/C15H23BrN2/c1-3-13-6-4-5-9-18(13)15-8-7-12(11(2)17)10-14(15)16/h7-8,10-11,13H,3-6,9,17H2,1-2H3. The lowest BCUT2D eigenvalue weighted by Gasteiger charge is -2.38. The molecular weight excluding hydrogens is 288 g/mol. The second-order valence-electron chi connectivity index (χ2n) is 5.25. The van der Waals surface area contributed by atoms with Crippen molar-refractivity contribution in [3.63, 3.8) is 0 Å². The van der Waals surface area contributed by atoms with Crippen molar-refractivity contribution in [2.24, 2.45) is 5.73 Å². The van der Waals surface area contributed by atoms with Crippen LogP contribution in [0.1, 0.15) is 51.1 Å². The predicted octanol–water partition coefficient (Wildman–Crippen LogP) is 4.24. The molecule has 2 N–H and O–H groups in total. The van der Waals surface area contributed by atoms with E-state index in [0.717, 1.165) is 0 Å². The third kappa shape index (κ3) is 2.89. The van der Waals surface area contributed by atoms with Crippen LogP contribution in [-0.4, -0.2) is 12.6 Å². The van der Waals surface area contributed by atoms with Crippen molar-refractivity contribution in [1.29, 1.82) is 0 Å². The third-order valence-corrected chi connectivity index (χ3v) is 4.54. The van der Waals surface area contributed by atoms with Gasteiger partial charge in [-0.25, -0.2) is 0 Å². The number of anilines is 1.